The van der Waals surface area contributed by atoms with Crippen molar-refractivity contribution in [1.29, 1.82) is 0 Å². The number of benzene rings is 1. The molecule has 1 aromatic carbocycles. The molecule has 2 N–H and O–H groups in total. The van der Waals surface area contributed by atoms with Gasteiger partial charge in [0.25, 0.3) is 5.91 Å². The molecular weight excluding hydrogens is 314 g/mol. The normalized spacial score (nSPS) is 17.5. The molecule has 1 fully saturated rings. The van der Waals surface area contributed by atoms with E-state index in [9.17, 15) is 4.79 Å². The van der Waals surface area contributed by atoms with Gasteiger partial charge in [-0.05, 0) is 43.5 Å². The maximum Gasteiger partial charge on any atom is 0.254 e. The zero-order valence-corrected chi connectivity index (χ0v) is 14.6. The van der Waals surface area contributed by atoms with Crippen molar-refractivity contribution in [3.63, 3.8) is 0 Å². The number of aliphatic hydroxyl groups excluding tert-OH is 1. The maximum absolute atomic E-state index is 13.1. The summed E-state index contributed by atoms with van der Waals surface area (Å²) in [6, 6.07) is 11.9. The zero-order valence-electron chi connectivity index (χ0n) is 14.6. The van der Waals surface area contributed by atoms with Gasteiger partial charge >= 0.3 is 0 Å². The highest BCUT2D eigenvalue weighted by Gasteiger charge is 2.25. The Morgan fingerprint density at radius 1 is 1.32 bits per heavy atom. The molecule has 2 aromatic rings. The van der Waals surface area contributed by atoms with E-state index in [4.69, 9.17) is 5.11 Å². The number of hydrogen-bond donors (Lipinski definition) is 2. The summed E-state index contributed by atoms with van der Waals surface area (Å²) >= 11 is 0. The van der Waals surface area contributed by atoms with Gasteiger partial charge in [0.2, 0.25) is 0 Å². The Morgan fingerprint density at radius 3 is 2.96 bits per heavy atom. The minimum atomic E-state index is 0.0748. The Kier molecular flexibility index (Phi) is 5.79. The number of aromatic nitrogens is 1. The molecule has 1 saturated heterocycles. The summed E-state index contributed by atoms with van der Waals surface area (Å²) in [5, 5.41) is 12.3. The Hall–Kier alpha value is -2.24. The molecule has 25 heavy (non-hydrogen) atoms. The van der Waals surface area contributed by atoms with Crippen LogP contribution >= 0.6 is 0 Å². The average Bonchev–Trinajstić information content (AvgIpc) is 2.67. The standard InChI is InChI=1S/C20H25N3O2/c1-15-17(19-9-2-3-10-22-19)7-4-8-18(15)20(25)23-12-5-6-16(14-23)21-11-13-24/h2-4,7-10,16,21,24H,5-6,11-14H2,1H3. The lowest BCUT2D eigenvalue weighted by molar-refractivity contribution is 0.0692. The Balaban J connectivity index is 1.80. The van der Waals surface area contributed by atoms with Gasteiger partial charge in [0.05, 0.1) is 12.3 Å². The number of carbonyl (C=O) groups excluding carboxylic acids is 1. The molecule has 5 heteroatoms. The quantitative estimate of drug-likeness (QED) is 0.877. The largest absolute Gasteiger partial charge is 0.395 e. The number of carbonyl (C=O) groups is 1. The molecule has 1 amide bonds. The molecule has 0 radical (unpaired) electrons. The van der Waals surface area contributed by atoms with Crippen molar-refractivity contribution < 1.29 is 9.90 Å². The van der Waals surface area contributed by atoms with Gasteiger partial charge < -0.3 is 15.3 Å². The van der Waals surface area contributed by atoms with Gasteiger partial charge in [-0.1, -0.05) is 18.2 Å². The van der Waals surface area contributed by atoms with Gasteiger partial charge in [-0.3, -0.25) is 9.78 Å². The smallest absolute Gasteiger partial charge is 0.254 e. The topological polar surface area (TPSA) is 65.5 Å². The fourth-order valence-corrected chi connectivity index (χ4v) is 3.43. The SMILES string of the molecule is Cc1c(C(=O)N2CCCC(NCCO)C2)cccc1-c1ccccn1. The number of nitrogens with zero attached hydrogens (tertiary/aromatic N) is 2. The summed E-state index contributed by atoms with van der Waals surface area (Å²) in [6.07, 6.45) is 3.79. The van der Waals surface area contributed by atoms with Gasteiger partial charge in [0.1, 0.15) is 0 Å². The third-order valence-corrected chi connectivity index (χ3v) is 4.76. The van der Waals surface area contributed by atoms with Crippen LogP contribution in [0.1, 0.15) is 28.8 Å². The number of aliphatic hydroxyl groups is 1. The summed E-state index contributed by atoms with van der Waals surface area (Å²) in [5.74, 6) is 0.0748. The highest BCUT2D eigenvalue weighted by Crippen LogP contribution is 2.25. The average molecular weight is 339 g/mol. The van der Waals surface area contributed by atoms with Gasteiger partial charge in [0, 0.05) is 43.0 Å². The second kappa shape index (κ2) is 8.23. The number of rotatable bonds is 5. The predicted molar refractivity (Wildman–Crippen MR) is 98.4 cm³/mol. The third kappa shape index (κ3) is 4.06. The first kappa shape index (κ1) is 17.6. The van der Waals surface area contributed by atoms with Crippen molar-refractivity contribution in [2.75, 3.05) is 26.2 Å². The Bertz CT molecular complexity index is 718. The number of amides is 1. The van der Waals surface area contributed by atoms with Crippen molar-refractivity contribution in [2.45, 2.75) is 25.8 Å². The monoisotopic (exact) mass is 339 g/mol. The molecule has 1 atom stereocenters. The Morgan fingerprint density at radius 2 is 2.20 bits per heavy atom. The summed E-state index contributed by atoms with van der Waals surface area (Å²) in [5.41, 5.74) is 3.59. The van der Waals surface area contributed by atoms with Crippen molar-refractivity contribution in [2.24, 2.45) is 0 Å². The van der Waals surface area contributed by atoms with Crippen LogP contribution in [0.5, 0.6) is 0 Å². The van der Waals surface area contributed by atoms with Crippen LogP contribution in [0, 0.1) is 6.92 Å². The van der Waals surface area contributed by atoms with E-state index in [0.717, 1.165) is 41.8 Å². The number of hydrogen-bond acceptors (Lipinski definition) is 4. The van der Waals surface area contributed by atoms with E-state index in [0.29, 0.717) is 13.1 Å². The molecule has 1 unspecified atom stereocenters. The lowest BCUT2D eigenvalue weighted by atomic mass is 9.97. The molecule has 1 aromatic heterocycles. The second-order valence-electron chi connectivity index (χ2n) is 6.46. The van der Waals surface area contributed by atoms with E-state index in [-0.39, 0.29) is 18.6 Å². The molecule has 2 heterocycles. The molecule has 132 valence electrons. The van der Waals surface area contributed by atoms with E-state index >= 15 is 0 Å². The highest BCUT2D eigenvalue weighted by molar-refractivity contribution is 5.97. The lowest BCUT2D eigenvalue weighted by Crippen LogP contribution is -2.48. The molecule has 1 aliphatic heterocycles. The van der Waals surface area contributed by atoms with Crippen LogP contribution in [0.25, 0.3) is 11.3 Å². The summed E-state index contributed by atoms with van der Waals surface area (Å²) in [7, 11) is 0. The van der Waals surface area contributed by atoms with E-state index in [2.05, 4.69) is 10.3 Å². The number of nitrogens with one attached hydrogen (secondary N) is 1. The van der Waals surface area contributed by atoms with E-state index in [1.54, 1.807) is 6.20 Å². The first-order chi connectivity index (χ1) is 12.2. The van der Waals surface area contributed by atoms with Crippen LogP contribution in [0.15, 0.2) is 42.6 Å². The van der Waals surface area contributed by atoms with Gasteiger partial charge in [-0.2, -0.15) is 0 Å². The number of pyridine rings is 1. The van der Waals surface area contributed by atoms with Crippen LogP contribution in [0.3, 0.4) is 0 Å². The van der Waals surface area contributed by atoms with E-state index < -0.39 is 0 Å². The first-order valence-corrected chi connectivity index (χ1v) is 8.85. The Labute approximate surface area is 148 Å². The van der Waals surface area contributed by atoms with Gasteiger partial charge in [-0.15, -0.1) is 0 Å². The van der Waals surface area contributed by atoms with Gasteiger partial charge in [-0.25, -0.2) is 0 Å². The van der Waals surface area contributed by atoms with Crippen LogP contribution < -0.4 is 5.32 Å². The summed E-state index contributed by atoms with van der Waals surface area (Å²) in [6.45, 7) is 4.15. The molecular formula is C20H25N3O2. The van der Waals surface area contributed by atoms with Crippen molar-refractivity contribution in [3.8, 4) is 11.3 Å². The van der Waals surface area contributed by atoms with Crippen LogP contribution in [-0.2, 0) is 0 Å². The molecule has 0 aliphatic carbocycles. The van der Waals surface area contributed by atoms with Crippen LogP contribution in [-0.4, -0.2) is 53.2 Å². The molecule has 0 saturated carbocycles. The molecule has 1 aliphatic rings. The number of likely N-dealkylation sites (tertiary alicyclic amines) is 1. The summed E-state index contributed by atoms with van der Waals surface area (Å²) in [4.78, 5) is 19.4. The lowest BCUT2D eigenvalue weighted by Gasteiger charge is -2.33. The van der Waals surface area contributed by atoms with E-state index in [1.165, 1.54) is 0 Å². The number of piperidine rings is 1. The molecule has 0 spiro atoms. The van der Waals surface area contributed by atoms with Crippen LogP contribution in [0.4, 0.5) is 0 Å². The first-order valence-electron chi connectivity index (χ1n) is 8.85. The third-order valence-electron chi connectivity index (χ3n) is 4.76. The molecule has 5 nitrogen and oxygen atoms in total. The predicted octanol–water partition coefficient (Wildman–Crippen LogP) is 2.24. The van der Waals surface area contributed by atoms with Crippen molar-refractivity contribution in [3.05, 3.63) is 53.7 Å². The van der Waals surface area contributed by atoms with E-state index in [1.807, 2.05) is 48.2 Å². The van der Waals surface area contributed by atoms with Crippen LogP contribution in [0.2, 0.25) is 0 Å². The molecule has 3 rings (SSSR count). The fourth-order valence-electron chi connectivity index (χ4n) is 3.43. The van der Waals surface area contributed by atoms with Crippen molar-refractivity contribution in [1.82, 2.24) is 15.2 Å². The maximum atomic E-state index is 13.1. The summed E-state index contributed by atoms with van der Waals surface area (Å²) < 4.78 is 0. The fraction of sp³-hybridized carbons (Fsp3) is 0.400. The van der Waals surface area contributed by atoms with Gasteiger partial charge in [0.15, 0.2) is 0 Å². The van der Waals surface area contributed by atoms with Crippen molar-refractivity contribution >= 4 is 5.91 Å². The zero-order chi connectivity index (χ0) is 17.6. The second-order valence-corrected chi connectivity index (χ2v) is 6.46. The minimum Gasteiger partial charge on any atom is -0.395 e. The highest BCUT2D eigenvalue weighted by atomic mass is 16.3. The molecule has 0 bridgehead atoms. The minimum absolute atomic E-state index is 0.0748.